The quantitative estimate of drug-likeness (QED) is 0.817. The molecule has 0 radical (unpaired) electrons. The molecule has 1 amide bonds. The Morgan fingerprint density at radius 1 is 1.63 bits per heavy atom. The number of rotatable bonds is 4. The average molecular weight is 278 g/mol. The van der Waals surface area contributed by atoms with Gasteiger partial charge in [-0.1, -0.05) is 11.8 Å². The Balaban J connectivity index is 1.89. The zero-order valence-electron chi connectivity index (χ0n) is 10.9. The third kappa shape index (κ3) is 3.57. The van der Waals surface area contributed by atoms with Gasteiger partial charge in [0.15, 0.2) is 0 Å². The minimum absolute atomic E-state index is 0.0451. The Labute approximate surface area is 117 Å². The van der Waals surface area contributed by atoms with E-state index in [1.807, 2.05) is 18.4 Å². The van der Waals surface area contributed by atoms with Gasteiger partial charge in [-0.25, -0.2) is 0 Å². The van der Waals surface area contributed by atoms with Crippen molar-refractivity contribution in [1.82, 2.24) is 5.32 Å². The first kappa shape index (κ1) is 14.1. The van der Waals surface area contributed by atoms with Crippen molar-refractivity contribution in [3.8, 4) is 11.8 Å². The standard InChI is InChI=1S/C14H18N2O2S/c1-2-18-12-8-11(9-12)16-14(17)13-10(4-3-6-15)5-7-19-13/h5,7,11-12H,2,6,8-9,15H2,1H3,(H,16,17). The molecule has 3 N–H and O–H groups in total. The molecule has 0 spiro atoms. The second kappa shape index (κ2) is 6.71. The molecule has 19 heavy (non-hydrogen) atoms. The van der Waals surface area contributed by atoms with Gasteiger partial charge in [-0.3, -0.25) is 4.79 Å². The molecule has 0 aromatic carbocycles. The number of hydrogen-bond acceptors (Lipinski definition) is 4. The van der Waals surface area contributed by atoms with Crippen LogP contribution in [0.15, 0.2) is 11.4 Å². The molecule has 0 atom stereocenters. The summed E-state index contributed by atoms with van der Waals surface area (Å²) in [5, 5.41) is 4.89. The summed E-state index contributed by atoms with van der Waals surface area (Å²) in [6, 6.07) is 2.08. The fourth-order valence-electron chi connectivity index (χ4n) is 2.04. The van der Waals surface area contributed by atoms with E-state index in [1.165, 1.54) is 11.3 Å². The zero-order valence-corrected chi connectivity index (χ0v) is 11.8. The van der Waals surface area contributed by atoms with Crippen molar-refractivity contribution in [3.63, 3.8) is 0 Å². The fraction of sp³-hybridized carbons (Fsp3) is 0.500. The minimum Gasteiger partial charge on any atom is -0.378 e. The molecule has 0 saturated heterocycles. The van der Waals surface area contributed by atoms with Crippen LogP contribution < -0.4 is 11.1 Å². The van der Waals surface area contributed by atoms with E-state index in [0.29, 0.717) is 17.5 Å². The third-order valence-corrected chi connectivity index (χ3v) is 3.94. The Morgan fingerprint density at radius 3 is 3.11 bits per heavy atom. The van der Waals surface area contributed by atoms with E-state index in [0.717, 1.165) is 25.0 Å². The lowest BCUT2D eigenvalue weighted by molar-refractivity contribution is -0.00858. The van der Waals surface area contributed by atoms with Crippen LogP contribution in [0.5, 0.6) is 0 Å². The molecular weight excluding hydrogens is 260 g/mol. The van der Waals surface area contributed by atoms with Crippen molar-refractivity contribution in [2.45, 2.75) is 31.9 Å². The van der Waals surface area contributed by atoms with E-state index >= 15 is 0 Å². The van der Waals surface area contributed by atoms with Crippen molar-refractivity contribution in [2.75, 3.05) is 13.2 Å². The molecule has 0 unspecified atom stereocenters. The highest BCUT2D eigenvalue weighted by Crippen LogP contribution is 2.24. The first-order valence-corrected chi connectivity index (χ1v) is 7.31. The summed E-state index contributed by atoms with van der Waals surface area (Å²) in [6.45, 7) is 3.02. The number of carbonyl (C=O) groups is 1. The van der Waals surface area contributed by atoms with E-state index in [1.54, 1.807) is 0 Å². The summed E-state index contributed by atoms with van der Waals surface area (Å²) in [5.41, 5.74) is 6.10. The van der Waals surface area contributed by atoms with Crippen molar-refractivity contribution in [2.24, 2.45) is 5.73 Å². The molecule has 5 heteroatoms. The monoisotopic (exact) mass is 278 g/mol. The van der Waals surface area contributed by atoms with Crippen LogP contribution >= 0.6 is 11.3 Å². The SMILES string of the molecule is CCOC1CC(NC(=O)c2sccc2C#CCN)C1. The number of nitrogens with two attached hydrogens (primary N) is 1. The molecule has 1 aliphatic carbocycles. The van der Waals surface area contributed by atoms with E-state index in [4.69, 9.17) is 10.5 Å². The van der Waals surface area contributed by atoms with E-state index in [9.17, 15) is 4.79 Å². The molecule has 2 rings (SSSR count). The molecular formula is C14H18N2O2S. The molecule has 102 valence electrons. The lowest BCUT2D eigenvalue weighted by atomic mass is 9.89. The van der Waals surface area contributed by atoms with Crippen LogP contribution in [0, 0.1) is 11.8 Å². The molecule has 1 aliphatic rings. The molecule has 1 heterocycles. The topological polar surface area (TPSA) is 64.3 Å². The highest BCUT2D eigenvalue weighted by atomic mass is 32.1. The van der Waals surface area contributed by atoms with Crippen LogP contribution in [0.25, 0.3) is 0 Å². The Bertz CT molecular complexity index is 495. The van der Waals surface area contributed by atoms with Crippen LogP contribution in [0.4, 0.5) is 0 Å². The molecule has 1 fully saturated rings. The number of carbonyl (C=O) groups excluding carboxylic acids is 1. The summed E-state index contributed by atoms with van der Waals surface area (Å²) in [4.78, 5) is 12.8. The normalized spacial score (nSPS) is 21.2. The van der Waals surface area contributed by atoms with Crippen molar-refractivity contribution < 1.29 is 9.53 Å². The Hall–Kier alpha value is -1.35. The second-order valence-corrected chi connectivity index (χ2v) is 5.30. The molecule has 1 aromatic rings. The smallest absolute Gasteiger partial charge is 0.262 e. The zero-order chi connectivity index (χ0) is 13.7. The van der Waals surface area contributed by atoms with Crippen LogP contribution in [-0.4, -0.2) is 31.2 Å². The van der Waals surface area contributed by atoms with Crippen molar-refractivity contribution in [3.05, 3.63) is 21.9 Å². The van der Waals surface area contributed by atoms with Gasteiger partial charge in [0.25, 0.3) is 5.91 Å². The summed E-state index contributed by atoms with van der Waals surface area (Å²) in [5.74, 6) is 5.65. The van der Waals surface area contributed by atoms with Gasteiger partial charge in [0.1, 0.15) is 4.88 Å². The maximum Gasteiger partial charge on any atom is 0.262 e. The van der Waals surface area contributed by atoms with Gasteiger partial charge in [-0.2, -0.15) is 0 Å². The van der Waals surface area contributed by atoms with Gasteiger partial charge in [-0.15, -0.1) is 11.3 Å². The number of amides is 1. The van der Waals surface area contributed by atoms with Gasteiger partial charge in [-0.05, 0) is 31.2 Å². The lowest BCUT2D eigenvalue weighted by Gasteiger charge is -2.35. The minimum atomic E-state index is -0.0451. The van der Waals surface area contributed by atoms with Crippen LogP contribution in [0.3, 0.4) is 0 Å². The largest absolute Gasteiger partial charge is 0.378 e. The summed E-state index contributed by atoms with van der Waals surface area (Å²) < 4.78 is 5.47. The fourth-order valence-corrected chi connectivity index (χ4v) is 2.79. The maximum absolute atomic E-state index is 12.1. The van der Waals surface area contributed by atoms with Crippen LogP contribution in [-0.2, 0) is 4.74 Å². The molecule has 0 bridgehead atoms. The molecule has 1 aromatic heterocycles. The predicted octanol–water partition coefficient (Wildman–Crippen LogP) is 1.36. The van der Waals surface area contributed by atoms with Gasteiger partial charge < -0.3 is 15.8 Å². The molecule has 1 saturated carbocycles. The summed E-state index contributed by atoms with van der Waals surface area (Å²) in [7, 11) is 0. The van der Waals surface area contributed by atoms with Gasteiger partial charge in [0, 0.05) is 18.2 Å². The Kier molecular flexibility index (Phi) is 4.97. The highest BCUT2D eigenvalue weighted by molar-refractivity contribution is 7.12. The van der Waals surface area contributed by atoms with E-state index in [-0.39, 0.29) is 11.9 Å². The maximum atomic E-state index is 12.1. The van der Waals surface area contributed by atoms with E-state index < -0.39 is 0 Å². The number of thiophene rings is 1. The van der Waals surface area contributed by atoms with Crippen LogP contribution in [0.1, 0.15) is 35.0 Å². The predicted molar refractivity (Wildman–Crippen MR) is 76.2 cm³/mol. The van der Waals surface area contributed by atoms with E-state index in [2.05, 4.69) is 17.2 Å². The first-order chi connectivity index (χ1) is 9.24. The number of hydrogen-bond donors (Lipinski definition) is 2. The number of ether oxygens (including phenoxy) is 1. The molecule has 0 aliphatic heterocycles. The lowest BCUT2D eigenvalue weighted by Crippen LogP contribution is -2.47. The summed E-state index contributed by atoms with van der Waals surface area (Å²) in [6.07, 6.45) is 2.10. The summed E-state index contributed by atoms with van der Waals surface area (Å²) >= 11 is 1.41. The van der Waals surface area contributed by atoms with Crippen molar-refractivity contribution >= 4 is 17.2 Å². The molecule has 4 nitrogen and oxygen atoms in total. The second-order valence-electron chi connectivity index (χ2n) is 4.39. The Morgan fingerprint density at radius 2 is 2.42 bits per heavy atom. The van der Waals surface area contributed by atoms with Crippen LogP contribution in [0.2, 0.25) is 0 Å². The highest BCUT2D eigenvalue weighted by Gasteiger charge is 2.31. The van der Waals surface area contributed by atoms with Gasteiger partial charge in [0.05, 0.1) is 12.6 Å². The van der Waals surface area contributed by atoms with Crippen molar-refractivity contribution in [1.29, 1.82) is 0 Å². The average Bonchev–Trinajstić information content (AvgIpc) is 2.82. The number of nitrogens with one attached hydrogen (secondary N) is 1. The van der Waals surface area contributed by atoms with Gasteiger partial charge >= 0.3 is 0 Å². The third-order valence-electron chi connectivity index (χ3n) is 3.03. The van der Waals surface area contributed by atoms with Gasteiger partial charge in [0.2, 0.25) is 0 Å². The first-order valence-electron chi connectivity index (χ1n) is 6.43.